The highest BCUT2D eigenvalue weighted by Gasteiger charge is 2.16. The molecule has 2 N–H and O–H groups in total. The molecule has 138 valence electrons. The highest BCUT2D eigenvalue weighted by atomic mass is 16.6. The number of nitrogens with zero attached hydrogens (tertiary/aromatic N) is 2. The van der Waals surface area contributed by atoms with Crippen molar-refractivity contribution in [3.63, 3.8) is 0 Å². The fourth-order valence-electron chi connectivity index (χ4n) is 2.23. The number of hydrogen-bond donors (Lipinski definition) is 2. The molecule has 0 aliphatic carbocycles. The van der Waals surface area contributed by atoms with Crippen LogP contribution < -0.4 is 15.4 Å². The molecule has 0 bridgehead atoms. The van der Waals surface area contributed by atoms with Gasteiger partial charge in [0, 0.05) is 50.3 Å². The maximum Gasteiger partial charge on any atom is 0.270 e. The van der Waals surface area contributed by atoms with Gasteiger partial charge in [0.05, 0.1) is 24.2 Å². The lowest BCUT2D eigenvalue weighted by molar-refractivity contribution is -0.384. The average Bonchev–Trinajstić information content (AvgIpc) is 2.66. The zero-order valence-electron chi connectivity index (χ0n) is 14.5. The standard InChI is InChI=1S/C17H20N4O5/c1-25-8-7-18-15-4-3-13(21(23)24)10-14(15)17(22)20-11-12-5-6-19-16(9-12)26-2/h3-6,9-10,18H,7-8,11H2,1-2H3,(H,20,22). The minimum absolute atomic E-state index is 0.155. The first-order valence-electron chi connectivity index (χ1n) is 7.83. The van der Waals surface area contributed by atoms with E-state index in [1.807, 2.05) is 0 Å². The SMILES string of the molecule is COCCNc1ccc([N+](=O)[O-])cc1C(=O)NCc1ccnc(OC)c1. The molecule has 0 saturated carbocycles. The Hall–Kier alpha value is -3.20. The number of amides is 1. The number of non-ortho nitro benzene ring substituents is 1. The number of methoxy groups -OCH3 is 2. The van der Waals surface area contributed by atoms with Gasteiger partial charge in [-0.15, -0.1) is 0 Å². The van der Waals surface area contributed by atoms with Gasteiger partial charge < -0.3 is 20.1 Å². The van der Waals surface area contributed by atoms with E-state index in [0.29, 0.717) is 24.7 Å². The van der Waals surface area contributed by atoms with Crippen LogP contribution in [0.1, 0.15) is 15.9 Å². The summed E-state index contributed by atoms with van der Waals surface area (Å²) in [5.74, 6) is 0.0124. The minimum atomic E-state index is -0.538. The number of carbonyl (C=O) groups is 1. The quantitative estimate of drug-likeness (QED) is 0.399. The van der Waals surface area contributed by atoms with Crippen molar-refractivity contribution in [2.45, 2.75) is 6.54 Å². The van der Waals surface area contributed by atoms with Gasteiger partial charge in [-0.25, -0.2) is 4.98 Å². The fraction of sp³-hybridized carbons (Fsp3) is 0.294. The maximum absolute atomic E-state index is 12.5. The molecule has 9 nitrogen and oxygen atoms in total. The summed E-state index contributed by atoms with van der Waals surface area (Å²) in [4.78, 5) is 27.0. The van der Waals surface area contributed by atoms with E-state index in [4.69, 9.17) is 9.47 Å². The number of carbonyl (C=O) groups excluding carboxylic acids is 1. The van der Waals surface area contributed by atoms with E-state index in [1.54, 1.807) is 25.4 Å². The summed E-state index contributed by atoms with van der Waals surface area (Å²) in [5, 5.41) is 16.8. The number of hydrogen-bond acceptors (Lipinski definition) is 7. The first-order valence-corrected chi connectivity index (χ1v) is 7.83. The molecule has 1 aromatic heterocycles. The van der Waals surface area contributed by atoms with Crippen molar-refractivity contribution in [2.75, 3.05) is 32.7 Å². The molecule has 0 saturated heterocycles. The average molecular weight is 360 g/mol. The molecule has 9 heteroatoms. The van der Waals surface area contributed by atoms with E-state index in [2.05, 4.69) is 15.6 Å². The molecule has 26 heavy (non-hydrogen) atoms. The van der Waals surface area contributed by atoms with Gasteiger partial charge in [0.2, 0.25) is 5.88 Å². The summed E-state index contributed by atoms with van der Waals surface area (Å²) in [5.41, 5.74) is 1.33. The topological polar surface area (TPSA) is 116 Å². The van der Waals surface area contributed by atoms with Gasteiger partial charge >= 0.3 is 0 Å². The van der Waals surface area contributed by atoms with Crippen LogP contribution in [0.4, 0.5) is 11.4 Å². The minimum Gasteiger partial charge on any atom is -0.481 e. The molecule has 0 unspecified atom stereocenters. The highest BCUT2D eigenvalue weighted by Crippen LogP contribution is 2.22. The Bertz CT molecular complexity index is 781. The summed E-state index contributed by atoms with van der Waals surface area (Å²) in [6, 6.07) is 7.55. The Morgan fingerprint density at radius 2 is 2.08 bits per heavy atom. The first-order chi connectivity index (χ1) is 12.5. The summed E-state index contributed by atoms with van der Waals surface area (Å²) in [6.45, 7) is 1.14. The van der Waals surface area contributed by atoms with Crippen molar-refractivity contribution < 1.29 is 19.2 Å². The molecular weight excluding hydrogens is 340 g/mol. The van der Waals surface area contributed by atoms with E-state index < -0.39 is 10.8 Å². The number of rotatable bonds is 9. The zero-order valence-corrected chi connectivity index (χ0v) is 14.5. The molecule has 0 spiro atoms. The van der Waals surface area contributed by atoms with Crippen molar-refractivity contribution in [1.82, 2.24) is 10.3 Å². The molecule has 2 rings (SSSR count). The molecule has 2 aromatic rings. The van der Waals surface area contributed by atoms with Crippen LogP contribution in [-0.4, -0.2) is 43.2 Å². The lowest BCUT2D eigenvalue weighted by Crippen LogP contribution is -2.24. The van der Waals surface area contributed by atoms with Gasteiger partial charge in [-0.3, -0.25) is 14.9 Å². The van der Waals surface area contributed by atoms with Crippen LogP contribution in [0.25, 0.3) is 0 Å². The van der Waals surface area contributed by atoms with Crippen molar-refractivity contribution >= 4 is 17.3 Å². The number of pyridine rings is 1. The van der Waals surface area contributed by atoms with Crippen LogP contribution in [0.2, 0.25) is 0 Å². The number of benzene rings is 1. The molecule has 1 heterocycles. The van der Waals surface area contributed by atoms with Crippen LogP contribution in [0.3, 0.4) is 0 Å². The fourth-order valence-corrected chi connectivity index (χ4v) is 2.23. The number of nitro groups is 1. The summed E-state index contributed by atoms with van der Waals surface area (Å²) in [7, 11) is 3.07. The second kappa shape index (κ2) is 9.33. The van der Waals surface area contributed by atoms with E-state index in [1.165, 1.54) is 25.3 Å². The van der Waals surface area contributed by atoms with Gasteiger partial charge in [-0.1, -0.05) is 0 Å². The van der Waals surface area contributed by atoms with Gasteiger partial charge in [0.1, 0.15) is 0 Å². The summed E-state index contributed by atoms with van der Waals surface area (Å²) < 4.78 is 10.0. The number of nitrogens with one attached hydrogen (secondary N) is 2. The predicted octanol–water partition coefficient (Wildman–Crippen LogP) is 1.99. The number of aromatic nitrogens is 1. The van der Waals surface area contributed by atoms with Crippen LogP contribution in [0.15, 0.2) is 36.5 Å². The molecular formula is C17H20N4O5. The molecule has 0 aliphatic rings. The lowest BCUT2D eigenvalue weighted by atomic mass is 10.1. The third kappa shape index (κ3) is 5.15. The smallest absolute Gasteiger partial charge is 0.270 e. The van der Waals surface area contributed by atoms with Crippen LogP contribution in [0.5, 0.6) is 5.88 Å². The second-order valence-electron chi connectivity index (χ2n) is 5.30. The molecule has 0 atom stereocenters. The third-order valence-corrected chi connectivity index (χ3v) is 3.54. The van der Waals surface area contributed by atoms with Crippen molar-refractivity contribution in [1.29, 1.82) is 0 Å². The Morgan fingerprint density at radius 1 is 1.27 bits per heavy atom. The van der Waals surface area contributed by atoms with Gasteiger partial charge in [0.25, 0.3) is 11.6 Å². The number of nitro benzene ring substituents is 1. The summed E-state index contributed by atoms with van der Waals surface area (Å²) >= 11 is 0. The van der Waals surface area contributed by atoms with Crippen molar-refractivity contribution in [3.05, 3.63) is 57.8 Å². The monoisotopic (exact) mass is 360 g/mol. The van der Waals surface area contributed by atoms with E-state index in [9.17, 15) is 14.9 Å². The number of ether oxygens (including phenoxy) is 2. The van der Waals surface area contributed by atoms with Crippen molar-refractivity contribution in [2.24, 2.45) is 0 Å². The Kier molecular flexibility index (Phi) is 6.86. The third-order valence-electron chi connectivity index (χ3n) is 3.54. The lowest BCUT2D eigenvalue weighted by Gasteiger charge is -2.12. The predicted molar refractivity (Wildman–Crippen MR) is 95.4 cm³/mol. The Morgan fingerprint density at radius 3 is 2.77 bits per heavy atom. The van der Waals surface area contributed by atoms with E-state index in [0.717, 1.165) is 5.56 Å². The molecule has 1 aromatic carbocycles. The highest BCUT2D eigenvalue weighted by molar-refractivity contribution is 6.00. The van der Waals surface area contributed by atoms with Crippen LogP contribution >= 0.6 is 0 Å². The Balaban J connectivity index is 2.15. The zero-order chi connectivity index (χ0) is 18.9. The molecule has 0 fully saturated rings. The van der Waals surface area contributed by atoms with Crippen molar-refractivity contribution in [3.8, 4) is 5.88 Å². The van der Waals surface area contributed by atoms with E-state index >= 15 is 0 Å². The largest absolute Gasteiger partial charge is 0.481 e. The van der Waals surface area contributed by atoms with Gasteiger partial charge in [-0.05, 0) is 17.7 Å². The number of anilines is 1. The second-order valence-corrected chi connectivity index (χ2v) is 5.30. The van der Waals surface area contributed by atoms with Gasteiger partial charge in [-0.2, -0.15) is 0 Å². The van der Waals surface area contributed by atoms with Gasteiger partial charge in [0.15, 0.2) is 0 Å². The normalized spacial score (nSPS) is 10.2. The van der Waals surface area contributed by atoms with E-state index in [-0.39, 0.29) is 17.8 Å². The maximum atomic E-state index is 12.5. The first kappa shape index (κ1) is 19.1. The molecule has 0 aliphatic heterocycles. The molecule has 1 amide bonds. The van der Waals surface area contributed by atoms with Crippen LogP contribution in [0, 0.1) is 10.1 Å². The Labute approximate surface area is 150 Å². The summed E-state index contributed by atoms with van der Waals surface area (Å²) in [6.07, 6.45) is 1.57. The molecule has 0 radical (unpaired) electrons. The van der Waals surface area contributed by atoms with Crippen LogP contribution in [-0.2, 0) is 11.3 Å².